The van der Waals surface area contributed by atoms with Crippen LogP contribution in [0.1, 0.15) is 18.9 Å². The van der Waals surface area contributed by atoms with E-state index >= 15 is 0 Å². The van der Waals surface area contributed by atoms with Gasteiger partial charge in [0.25, 0.3) is 0 Å². The van der Waals surface area contributed by atoms with Crippen LogP contribution in [-0.2, 0) is 11.2 Å². The molecule has 3 heteroatoms. The zero-order valence-electron chi connectivity index (χ0n) is 9.95. The molecular weight excluding hydrogens is 205 g/mol. The van der Waals surface area contributed by atoms with Crippen LogP contribution in [0.25, 0.3) is 0 Å². The van der Waals surface area contributed by atoms with E-state index in [4.69, 9.17) is 10.5 Å². The van der Waals surface area contributed by atoms with Gasteiger partial charge in [0.1, 0.15) is 5.82 Å². The molecule has 0 heterocycles. The molecule has 0 aliphatic rings. The zero-order chi connectivity index (χ0) is 12.0. The molecule has 0 bridgehead atoms. The van der Waals surface area contributed by atoms with Crippen molar-refractivity contribution in [2.24, 2.45) is 11.7 Å². The molecule has 90 valence electrons. The lowest BCUT2D eigenvalue weighted by atomic mass is 9.97. The first-order valence-electron chi connectivity index (χ1n) is 5.61. The summed E-state index contributed by atoms with van der Waals surface area (Å²) in [6, 6.07) is 6.78. The standard InChI is InChI=1S/C13H20FNO/c1-10(9-16-2)7-12(15)8-11-5-3-4-6-13(11)14/h3-6,10,12H,7-9,15H2,1-2H3. The van der Waals surface area contributed by atoms with Crippen LogP contribution in [0.4, 0.5) is 4.39 Å². The number of rotatable bonds is 6. The molecule has 0 aliphatic carbocycles. The number of methoxy groups -OCH3 is 1. The van der Waals surface area contributed by atoms with Gasteiger partial charge in [-0.3, -0.25) is 0 Å². The average molecular weight is 225 g/mol. The first-order chi connectivity index (χ1) is 7.63. The summed E-state index contributed by atoms with van der Waals surface area (Å²) in [6.45, 7) is 2.79. The van der Waals surface area contributed by atoms with Crippen molar-refractivity contribution in [3.05, 3.63) is 35.6 Å². The van der Waals surface area contributed by atoms with Gasteiger partial charge in [0.2, 0.25) is 0 Å². The van der Waals surface area contributed by atoms with Crippen LogP contribution in [0.3, 0.4) is 0 Å². The second-order valence-electron chi connectivity index (χ2n) is 4.35. The Hall–Kier alpha value is -0.930. The molecule has 2 N–H and O–H groups in total. The smallest absolute Gasteiger partial charge is 0.126 e. The predicted octanol–water partition coefficient (Wildman–Crippen LogP) is 2.37. The van der Waals surface area contributed by atoms with Crippen LogP contribution < -0.4 is 5.73 Å². The molecule has 0 saturated heterocycles. The number of nitrogens with two attached hydrogens (primary N) is 1. The number of halogens is 1. The van der Waals surface area contributed by atoms with Crippen molar-refractivity contribution < 1.29 is 9.13 Å². The third-order valence-corrected chi connectivity index (χ3v) is 2.60. The average Bonchev–Trinajstić information content (AvgIpc) is 2.21. The fourth-order valence-electron chi connectivity index (χ4n) is 1.90. The van der Waals surface area contributed by atoms with E-state index in [1.807, 2.05) is 6.07 Å². The van der Waals surface area contributed by atoms with Crippen molar-refractivity contribution in [3.8, 4) is 0 Å². The summed E-state index contributed by atoms with van der Waals surface area (Å²) >= 11 is 0. The SMILES string of the molecule is COCC(C)CC(N)Cc1ccccc1F. The molecule has 0 fully saturated rings. The summed E-state index contributed by atoms with van der Waals surface area (Å²) < 4.78 is 18.4. The van der Waals surface area contributed by atoms with E-state index < -0.39 is 0 Å². The first-order valence-corrected chi connectivity index (χ1v) is 5.61. The Labute approximate surface area is 96.6 Å². The first kappa shape index (κ1) is 13.1. The maximum Gasteiger partial charge on any atom is 0.126 e. The maximum atomic E-state index is 13.4. The van der Waals surface area contributed by atoms with Crippen LogP contribution in [0.2, 0.25) is 0 Å². The van der Waals surface area contributed by atoms with Gasteiger partial charge in [-0.05, 0) is 30.4 Å². The summed E-state index contributed by atoms with van der Waals surface area (Å²) in [5.74, 6) is 0.240. The zero-order valence-corrected chi connectivity index (χ0v) is 9.95. The summed E-state index contributed by atoms with van der Waals surface area (Å²) in [4.78, 5) is 0. The molecule has 0 aromatic heterocycles. The van der Waals surface area contributed by atoms with E-state index in [2.05, 4.69) is 6.92 Å². The van der Waals surface area contributed by atoms with Crippen LogP contribution in [0.5, 0.6) is 0 Å². The number of ether oxygens (including phenoxy) is 1. The van der Waals surface area contributed by atoms with Crippen molar-refractivity contribution in [3.63, 3.8) is 0 Å². The fourth-order valence-corrected chi connectivity index (χ4v) is 1.90. The monoisotopic (exact) mass is 225 g/mol. The van der Waals surface area contributed by atoms with E-state index in [1.165, 1.54) is 6.07 Å². The number of hydrogen-bond acceptors (Lipinski definition) is 2. The lowest BCUT2D eigenvalue weighted by Crippen LogP contribution is -2.27. The largest absolute Gasteiger partial charge is 0.384 e. The maximum absolute atomic E-state index is 13.4. The van der Waals surface area contributed by atoms with Crippen LogP contribution in [-0.4, -0.2) is 19.8 Å². The molecule has 0 aliphatic heterocycles. The van der Waals surface area contributed by atoms with Gasteiger partial charge in [0.05, 0.1) is 0 Å². The second-order valence-corrected chi connectivity index (χ2v) is 4.35. The second kappa shape index (κ2) is 6.61. The van der Waals surface area contributed by atoms with E-state index in [1.54, 1.807) is 19.2 Å². The van der Waals surface area contributed by atoms with Crippen molar-refractivity contribution >= 4 is 0 Å². The summed E-state index contributed by atoms with van der Waals surface area (Å²) in [7, 11) is 1.68. The van der Waals surface area contributed by atoms with Gasteiger partial charge in [-0.1, -0.05) is 25.1 Å². The van der Waals surface area contributed by atoms with E-state index in [0.717, 1.165) is 6.42 Å². The Balaban J connectivity index is 2.45. The highest BCUT2D eigenvalue weighted by Gasteiger charge is 2.11. The van der Waals surface area contributed by atoms with Gasteiger partial charge in [-0.25, -0.2) is 4.39 Å². The van der Waals surface area contributed by atoms with E-state index in [-0.39, 0.29) is 11.9 Å². The highest BCUT2D eigenvalue weighted by Crippen LogP contribution is 2.12. The Kier molecular flexibility index (Phi) is 5.43. The van der Waals surface area contributed by atoms with Gasteiger partial charge in [0.15, 0.2) is 0 Å². The summed E-state index contributed by atoms with van der Waals surface area (Å²) in [6.07, 6.45) is 1.43. The minimum absolute atomic E-state index is 0.0120. The third kappa shape index (κ3) is 4.29. The van der Waals surface area contributed by atoms with Crippen LogP contribution in [0, 0.1) is 11.7 Å². The Morgan fingerprint density at radius 1 is 1.38 bits per heavy atom. The van der Waals surface area contributed by atoms with Crippen molar-refractivity contribution in [2.75, 3.05) is 13.7 Å². The molecule has 0 radical (unpaired) electrons. The highest BCUT2D eigenvalue weighted by molar-refractivity contribution is 5.18. The molecular formula is C13H20FNO. The normalized spacial score (nSPS) is 14.8. The summed E-state index contributed by atoms with van der Waals surface area (Å²) in [5, 5.41) is 0. The Morgan fingerprint density at radius 2 is 2.06 bits per heavy atom. The molecule has 0 spiro atoms. The predicted molar refractivity (Wildman–Crippen MR) is 63.7 cm³/mol. The minimum Gasteiger partial charge on any atom is -0.384 e. The fraction of sp³-hybridized carbons (Fsp3) is 0.538. The quantitative estimate of drug-likeness (QED) is 0.806. The van der Waals surface area contributed by atoms with Crippen molar-refractivity contribution in [1.29, 1.82) is 0 Å². The Morgan fingerprint density at radius 3 is 2.69 bits per heavy atom. The Bertz CT molecular complexity index is 317. The van der Waals surface area contributed by atoms with Gasteiger partial charge in [-0.15, -0.1) is 0 Å². The highest BCUT2D eigenvalue weighted by atomic mass is 19.1. The molecule has 2 nitrogen and oxygen atoms in total. The topological polar surface area (TPSA) is 35.2 Å². The number of hydrogen-bond donors (Lipinski definition) is 1. The minimum atomic E-state index is -0.169. The molecule has 1 aromatic carbocycles. The number of benzene rings is 1. The molecule has 0 amide bonds. The molecule has 0 saturated carbocycles. The molecule has 2 unspecified atom stereocenters. The molecule has 1 aromatic rings. The van der Waals surface area contributed by atoms with E-state index in [0.29, 0.717) is 24.5 Å². The molecule has 2 atom stereocenters. The molecule has 16 heavy (non-hydrogen) atoms. The molecule has 1 rings (SSSR count). The third-order valence-electron chi connectivity index (χ3n) is 2.60. The van der Waals surface area contributed by atoms with Crippen LogP contribution >= 0.6 is 0 Å². The summed E-state index contributed by atoms with van der Waals surface area (Å²) in [5.41, 5.74) is 6.68. The van der Waals surface area contributed by atoms with Crippen molar-refractivity contribution in [1.82, 2.24) is 0 Å². The lowest BCUT2D eigenvalue weighted by Gasteiger charge is -2.16. The van der Waals surface area contributed by atoms with Crippen molar-refractivity contribution in [2.45, 2.75) is 25.8 Å². The van der Waals surface area contributed by atoms with E-state index in [9.17, 15) is 4.39 Å². The van der Waals surface area contributed by atoms with Gasteiger partial charge in [0, 0.05) is 19.8 Å². The van der Waals surface area contributed by atoms with Crippen LogP contribution in [0.15, 0.2) is 24.3 Å². The lowest BCUT2D eigenvalue weighted by molar-refractivity contribution is 0.152. The van der Waals surface area contributed by atoms with Gasteiger partial charge in [-0.2, -0.15) is 0 Å². The van der Waals surface area contributed by atoms with Gasteiger partial charge < -0.3 is 10.5 Å². The van der Waals surface area contributed by atoms with Gasteiger partial charge >= 0.3 is 0 Å².